The second-order valence-corrected chi connectivity index (χ2v) is 9.14. The third-order valence-electron chi connectivity index (χ3n) is 6.35. The van der Waals surface area contributed by atoms with E-state index in [1.54, 1.807) is 12.1 Å². The van der Waals surface area contributed by atoms with Gasteiger partial charge in [-0.2, -0.15) is 0 Å². The zero-order chi connectivity index (χ0) is 27.3. The number of carbonyl (C=O) groups excluding carboxylic acids is 1. The molecule has 1 atom stereocenters. The van der Waals surface area contributed by atoms with Gasteiger partial charge in [0.05, 0.1) is 13.2 Å². The molecule has 0 aromatic heterocycles. The molecule has 3 aromatic carbocycles. The molecule has 0 spiro atoms. The highest BCUT2D eigenvalue weighted by Crippen LogP contribution is 2.29. The smallest absolute Gasteiger partial charge is 0.266 e. The number of rotatable bonds is 14. The molecule has 0 aliphatic carbocycles. The van der Waals surface area contributed by atoms with Crippen LogP contribution >= 0.6 is 0 Å². The van der Waals surface area contributed by atoms with Crippen molar-refractivity contribution < 1.29 is 19.4 Å². The maximum Gasteiger partial charge on any atom is 0.266 e. The van der Waals surface area contributed by atoms with Crippen LogP contribution < -0.4 is 15.6 Å². The fourth-order valence-electron chi connectivity index (χ4n) is 4.25. The molecule has 202 valence electrons. The minimum absolute atomic E-state index is 0.0547. The second kappa shape index (κ2) is 14.0. The summed E-state index contributed by atoms with van der Waals surface area (Å²) in [4.78, 5) is 21.3. The lowest BCUT2D eigenvalue weighted by Gasteiger charge is -2.24. The number of benzene rings is 3. The summed E-state index contributed by atoms with van der Waals surface area (Å²) in [5, 5.41) is 12.6. The highest BCUT2D eigenvalue weighted by Gasteiger charge is 2.45. The molecule has 1 amide bonds. The SMILES string of the molecule is [N-]=[N+]=NCc1ccccc1C[C@@]1(C(=O)NNCCc2ccccc2)COC(c2ccc(OCCCO)cc2)=N1. The number of nitrogens with zero attached hydrogens (tertiary/aromatic N) is 4. The summed E-state index contributed by atoms with van der Waals surface area (Å²) in [6.45, 7) is 1.27. The summed E-state index contributed by atoms with van der Waals surface area (Å²) >= 11 is 0. The quantitative estimate of drug-likeness (QED) is 0.0957. The molecule has 10 nitrogen and oxygen atoms in total. The largest absolute Gasteiger partial charge is 0.494 e. The molecule has 0 radical (unpaired) electrons. The number of aliphatic hydroxyl groups excluding tert-OH is 1. The number of hydrogen-bond donors (Lipinski definition) is 3. The van der Waals surface area contributed by atoms with Gasteiger partial charge in [0.25, 0.3) is 5.91 Å². The van der Waals surface area contributed by atoms with E-state index < -0.39 is 5.54 Å². The highest BCUT2D eigenvalue weighted by molar-refractivity contribution is 6.00. The van der Waals surface area contributed by atoms with Gasteiger partial charge in [0.1, 0.15) is 12.4 Å². The van der Waals surface area contributed by atoms with Gasteiger partial charge in [0.15, 0.2) is 5.54 Å². The maximum absolute atomic E-state index is 13.6. The Bertz CT molecular complexity index is 1310. The van der Waals surface area contributed by atoms with E-state index in [0.29, 0.717) is 31.2 Å². The topological polar surface area (TPSA) is 141 Å². The van der Waals surface area contributed by atoms with Crippen LogP contribution in [0.5, 0.6) is 5.75 Å². The number of amides is 1. The molecule has 10 heteroatoms. The van der Waals surface area contributed by atoms with Gasteiger partial charge in [0, 0.05) is 36.5 Å². The third kappa shape index (κ3) is 7.58. The van der Waals surface area contributed by atoms with Crippen LogP contribution in [0, 0.1) is 0 Å². The molecule has 0 fully saturated rings. The van der Waals surface area contributed by atoms with E-state index in [0.717, 1.165) is 28.7 Å². The van der Waals surface area contributed by atoms with Gasteiger partial charge >= 0.3 is 0 Å². The average molecular weight is 529 g/mol. The van der Waals surface area contributed by atoms with Gasteiger partial charge < -0.3 is 14.6 Å². The van der Waals surface area contributed by atoms with Crippen molar-refractivity contribution in [1.82, 2.24) is 10.9 Å². The van der Waals surface area contributed by atoms with Crippen LogP contribution in [0.1, 0.15) is 28.7 Å². The van der Waals surface area contributed by atoms with Gasteiger partial charge in [-0.3, -0.25) is 10.2 Å². The van der Waals surface area contributed by atoms with Crippen molar-refractivity contribution in [2.45, 2.75) is 31.3 Å². The number of ether oxygens (including phenoxy) is 2. The van der Waals surface area contributed by atoms with Gasteiger partial charge in [-0.05, 0) is 52.9 Å². The van der Waals surface area contributed by atoms with E-state index in [2.05, 4.69) is 20.9 Å². The molecule has 0 saturated carbocycles. The highest BCUT2D eigenvalue weighted by atomic mass is 16.5. The first-order valence-electron chi connectivity index (χ1n) is 12.9. The van der Waals surface area contributed by atoms with Crippen LogP contribution in [0.15, 0.2) is 89.0 Å². The average Bonchev–Trinajstić information content (AvgIpc) is 3.41. The summed E-state index contributed by atoms with van der Waals surface area (Å²) in [7, 11) is 0. The lowest BCUT2D eigenvalue weighted by molar-refractivity contribution is -0.127. The molecular formula is C29H32N6O4. The van der Waals surface area contributed by atoms with Crippen LogP contribution in [0.3, 0.4) is 0 Å². The lowest BCUT2D eigenvalue weighted by atomic mass is 9.89. The first kappa shape index (κ1) is 27.7. The van der Waals surface area contributed by atoms with Gasteiger partial charge in [-0.15, -0.1) is 0 Å². The van der Waals surface area contributed by atoms with Crippen LogP contribution in [0.25, 0.3) is 10.4 Å². The van der Waals surface area contributed by atoms with Crippen molar-refractivity contribution in [1.29, 1.82) is 0 Å². The molecule has 1 aliphatic rings. The second-order valence-electron chi connectivity index (χ2n) is 9.14. The van der Waals surface area contributed by atoms with Crippen LogP contribution in [-0.2, 0) is 28.9 Å². The zero-order valence-electron chi connectivity index (χ0n) is 21.6. The predicted octanol–water partition coefficient (Wildman–Crippen LogP) is 3.88. The Labute approximate surface area is 227 Å². The molecule has 1 aliphatic heterocycles. The van der Waals surface area contributed by atoms with Crippen LogP contribution in [0.4, 0.5) is 0 Å². The van der Waals surface area contributed by atoms with Crippen molar-refractivity contribution in [3.05, 3.63) is 112 Å². The van der Waals surface area contributed by atoms with Crippen LogP contribution in [-0.4, -0.2) is 48.8 Å². The lowest BCUT2D eigenvalue weighted by Crippen LogP contribution is -2.53. The van der Waals surface area contributed by atoms with Crippen molar-refractivity contribution in [3.63, 3.8) is 0 Å². The molecule has 0 saturated heterocycles. The Morgan fingerprint density at radius 2 is 1.82 bits per heavy atom. The van der Waals surface area contributed by atoms with Crippen molar-refractivity contribution in [2.75, 3.05) is 26.4 Å². The Kier molecular flexibility index (Phi) is 9.91. The molecule has 3 aromatic rings. The zero-order valence-corrected chi connectivity index (χ0v) is 21.6. The van der Waals surface area contributed by atoms with E-state index in [4.69, 9.17) is 25.1 Å². The minimum Gasteiger partial charge on any atom is -0.494 e. The summed E-state index contributed by atoms with van der Waals surface area (Å²) in [5.41, 5.74) is 17.0. The summed E-state index contributed by atoms with van der Waals surface area (Å²) in [5.74, 6) is 0.723. The fourth-order valence-corrected chi connectivity index (χ4v) is 4.25. The Morgan fingerprint density at radius 1 is 1.08 bits per heavy atom. The normalized spacial score (nSPS) is 16.1. The summed E-state index contributed by atoms with van der Waals surface area (Å²) in [6.07, 6.45) is 1.57. The van der Waals surface area contributed by atoms with Gasteiger partial charge in [0.2, 0.25) is 5.90 Å². The third-order valence-corrected chi connectivity index (χ3v) is 6.35. The molecule has 3 N–H and O–H groups in total. The number of aliphatic imine (C=N–C) groups is 1. The molecule has 0 bridgehead atoms. The number of azide groups is 1. The number of hydrazine groups is 1. The van der Waals surface area contributed by atoms with E-state index in [1.165, 1.54) is 0 Å². The molecule has 4 rings (SSSR count). The molecule has 0 unspecified atom stereocenters. The van der Waals surface area contributed by atoms with Crippen molar-refractivity contribution in [3.8, 4) is 5.75 Å². The van der Waals surface area contributed by atoms with Crippen molar-refractivity contribution >= 4 is 11.8 Å². The van der Waals surface area contributed by atoms with Crippen LogP contribution in [0.2, 0.25) is 0 Å². The van der Waals surface area contributed by atoms with E-state index in [9.17, 15) is 4.79 Å². The number of hydrogen-bond acceptors (Lipinski definition) is 7. The summed E-state index contributed by atoms with van der Waals surface area (Å²) in [6, 6.07) is 24.8. The Morgan fingerprint density at radius 3 is 2.56 bits per heavy atom. The summed E-state index contributed by atoms with van der Waals surface area (Å²) < 4.78 is 11.6. The monoisotopic (exact) mass is 528 g/mol. The standard InChI is InChI=1S/C29H32N6O4/c30-35-32-20-25-10-5-4-9-24(25)19-29(28(37)34-31-16-15-22-7-2-1-3-8-22)21-39-27(33-29)23-11-13-26(14-12-23)38-18-6-17-36/h1-5,7-14,31,36H,6,15-21H2,(H,34,37)/t29-/m0/s1. The number of carbonyl (C=O) groups is 1. The predicted molar refractivity (Wildman–Crippen MR) is 148 cm³/mol. The maximum atomic E-state index is 13.6. The molecule has 39 heavy (non-hydrogen) atoms. The Balaban J connectivity index is 1.53. The first-order chi connectivity index (χ1) is 19.1. The van der Waals surface area contributed by atoms with E-state index in [-0.39, 0.29) is 32.1 Å². The number of aliphatic hydroxyl groups is 1. The molecular weight excluding hydrogens is 496 g/mol. The Hall–Kier alpha value is -4.37. The van der Waals surface area contributed by atoms with Gasteiger partial charge in [-0.1, -0.05) is 59.7 Å². The fraction of sp³-hybridized carbons (Fsp3) is 0.310. The molecule has 1 heterocycles. The number of nitrogens with one attached hydrogen (secondary N) is 2. The first-order valence-corrected chi connectivity index (χ1v) is 12.9. The van der Waals surface area contributed by atoms with Gasteiger partial charge in [-0.25, -0.2) is 10.4 Å². The van der Waals surface area contributed by atoms with E-state index in [1.807, 2.05) is 66.7 Å². The van der Waals surface area contributed by atoms with E-state index >= 15 is 0 Å². The minimum atomic E-state index is -1.22. The van der Waals surface area contributed by atoms with Crippen molar-refractivity contribution in [2.24, 2.45) is 10.1 Å².